The van der Waals surface area contributed by atoms with Gasteiger partial charge < -0.3 is 5.43 Å². The Hall–Kier alpha value is -1.90. The molecule has 18 heavy (non-hydrogen) atoms. The number of ketones is 1. The monoisotopic (exact) mass is 242 g/mol. The van der Waals surface area contributed by atoms with Crippen LogP contribution in [0.1, 0.15) is 30.9 Å². The van der Waals surface area contributed by atoms with Gasteiger partial charge in [0.05, 0.1) is 0 Å². The Bertz CT molecular complexity index is 500. The fourth-order valence-electron chi connectivity index (χ4n) is 1.89. The van der Waals surface area contributed by atoms with Gasteiger partial charge in [0, 0.05) is 23.6 Å². The van der Waals surface area contributed by atoms with Crippen molar-refractivity contribution < 1.29 is 4.79 Å². The molecule has 3 heteroatoms. The maximum Gasteiger partial charge on any atom is 0.164 e. The van der Waals surface area contributed by atoms with Crippen molar-refractivity contribution in [1.29, 1.82) is 0 Å². The zero-order valence-corrected chi connectivity index (χ0v) is 10.9. The number of hydrogen-bond donors (Lipinski definition) is 1. The van der Waals surface area contributed by atoms with Crippen molar-refractivity contribution in [3.05, 3.63) is 47.5 Å². The molecular weight excluding hydrogens is 224 g/mol. The van der Waals surface area contributed by atoms with E-state index in [0.717, 1.165) is 12.0 Å². The number of hydrogen-bond acceptors (Lipinski definition) is 3. The zero-order chi connectivity index (χ0) is 13.1. The zero-order valence-electron chi connectivity index (χ0n) is 10.9. The molecule has 1 atom stereocenters. The molecule has 3 nitrogen and oxygen atoms in total. The van der Waals surface area contributed by atoms with Crippen LogP contribution in [-0.2, 0) is 4.79 Å². The average Bonchev–Trinajstić information content (AvgIpc) is 2.36. The van der Waals surface area contributed by atoms with E-state index >= 15 is 0 Å². The molecule has 0 unspecified atom stereocenters. The van der Waals surface area contributed by atoms with Gasteiger partial charge in [0.1, 0.15) is 5.71 Å². The van der Waals surface area contributed by atoms with Crippen LogP contribution in [0, 0.1) is 6.92 Å². The number of aryl methyl sites for hydroxylation is 1. The molecule has 0 fully saturated rings. The van der Waals surface area contributed by atoms with Crippen LogP contribution in [0.25, 0.3) is 0 Å². The van der Waals surface area contributed by atoms with Gasteiger partial charge >= 0.3 is 0 Å². The van der Waals surface area contributed by atoms with Crippen LogP contribution in [0.5, 0.6) is 0 Å². The molecule has 94 valence electrons. The third-order valence-corrected chi connectivity index (χ3v) is 3.15. The Kier molecular flexibility index (Phi) is 3.60. The fourth-order valence-corrected chi connectivity index (χ4v) is 1.89. The maximum atomic E-state index is 12.0. The van der Waals surface area contributed by atoms with E-state index in [0.29, 0.717) is 17.7 Å². The highest BCUT2D eigenvalue weighted by Crippen LogP contribution is 2.15. The molecule has 0 spiro atoms. The summed E-state index contributed by atoms with van der Waals surface area (Å²) in [6.07, 6.45) is 1.32. The van der Waals surface area contributed by atoms with E-state index in [4.69, 9.17) is 0 Å². The van der Waals surface area contributed by atoms with Gasteiger partial charge in [-0.05, 0) is 20.3 Å². The second kappa shape index (κ2) is 5.17. The highest BCUT2D eigenvalue weighted by Gasteiger charge is 2.19. The summed E-state index contributed by atoms with van der Waals surface area (Å²) < 4.78 is 0. The van der Waals surface area contributed by atoms with Crippen LogP contribution in [0.15, 0.2) is 41.5 Å². The summed E-state index contributed by atoms with van der Waals surface area (Å²) in [7, 11) is 0. The van der Waals surface area contributed by atoms with Crippen LogP contribution in [0.4, 0.5) is 0 Å². The van der Waals surface area contributed by atoms with E-state index in [2.05, 4.69) is 17.1 Å². The van der Waals surface area contributed by atoms with Crippen LogP contribution in [-0.4, -0.2) is 17.5 Å². The van der Waals surface area contributed by atoms with Crippen molar-refractivity contribution in [1.82, 2.24) is 5.43 Å². The molecule has 1 aromatic carbocycles. The summed E-state index contributed by atoms with van der Waals surface area (Å²) in [5, 5.41) is 4.34. The van der Waals surface area contributed by atoms with Gasteiger partial charge in [-0.2, -0.15) is 5.10 Å². The van der Waals surface area contributed by atoms with Crippen molar-refractivity contribution in [3.8, 4) is 0 Å². The molecule has 0 radical (unpaired) electrons. The SMILES string of the molecule is C=C1C(=O)CC[C@@H](C)NN=C1c1ccc(C)cc1. The topological polar surface area (TPSA) is 41.5 Å². The van der Waals surface area contributed by atoms with E-state index in [1.165, 1.54) is 5.56 Å². The van der Waals surface area contributed by atoms with Crippen molar-refractivity contribution in [2.45, 2.75) is 32.7 Å². The first-order chi connectivity index (χ1) is 8.58. The molecule has 1 aliphatic heterocycles. The van der Waals surface area contributed by atoms with Gasteiger partial charge in [0.15, 0.2) is 5.78 Å². The molecule has 0 saturated heterocycles. The number of benzene rings is 1. The van der Waals surface area contributed by atoms with Gasteiger partial charge in [-0.15, -0.1) is 0 Å². The van der Waals surface area contributed by atoms with Gasteiger partial charge in [-0.1, -0.05) is 36.4 Å². The third kappa shape index (κ3) is 2.67. The molecule has 0 aliphatic carbocycles. The molecule has 1 N–H and O–H groups in total. The number of carbonyl (C=O) groups excluding carboxylic acids is 1. The summed E-state index contributed by atoms with van der Waals surface area (Å²) in [6.45, 7) is 7.94. The van der Waals surface area contributed by atoms with Gasteiger partial charge in [0.2, 0.25) is 0 Å². The first-order valence-electron chi connectivity index (χ1n) is 6.20. The summed E-state index contributed by atoms with van der Waals surface area (Å²) >= 11 is 0. The second-order valence-corrected chi connectivity index (χ2v) is 4.80. The number of rotatable bonds is 1. The molecule has 1 aliphatic rings. The molecule has 1 heterocycles. The van der Waals surface area contributed by atoms with E-state index in [-0.39, 0.29) is 11.8 Å². The Morgan fingerprint density at radius 1 is 1.33 bits per heavy atom. The number of Topliss-reactive ketones (excluding diaryl/α,β-unsaturated/α-hetero) is 1. The second-order valence-electron chi connectivity index (χ2n) is 4.80. The minimum atomic E-state index is 0.0858. The van der Waals surface area contributed by atoms with E-state index in [1.807, 2.05) is 38.1 Å². The first kappa shape index (κ1) is 12.6. The van der Waals surface area contributed by atoms with Crippen molar-refractivity contribution >= 4 is 11.5 Å². The predicted molar refractivity (Wildman–Crippen MR) is 73.7 cm³/mol. The third-order valence-electron chi connectivity index (χ3n) is 3.15. The van der Waals surface area contributed by atoms with Gasteiger partial charge in [-0.25, -0.2) is 0 Å². The lowest BCUT2D eigenvalue weighted by Crippen LogP contribution is -2.28. The van der Waals surface area contributed by atoms with Crippen molar-refractivity contribution in [2.24, 2.45) is 5.10 Å². The molecule has 1 aromatic rings. The van der Waals surface area contributed by atoms with E-state index in [9.17, 15) is 4.79 Å². The van der Waals surface area contributed by atoms with Crippen molar-refractivity contribution in [3.63, 3.8) is 0 Å². The van der Waals surface area contributed by atoms with Crippen molar-refractivity contribution in [2.75, 3.05) is 0 Å². The Labute approximate surface area is 108 Å². The molecule has 0 aromatic heterocycles. The number of carbonyl (C=O) groups is 1. The standard InChI is InChI=1S/C15H18N2O/c1-10-4-7-13(8-5-10)15-12(3)14(18)9-6-11(2)16-17-15/h4-5,7-8,11,16H,3,6,9H2,1-2H3/t11-/m1/s1. The Balaban J connectivity index is 2.38. The lowest BCUT2D eigenvalue weighted by Gasteiger charge is -2.18. The van der Waals surface area contributed by atoms with Gasteiger partial charge in [0.25, 0.3) is 0 Å². The predicted octanol–water partition coefficient (Wildman–Crippen LogP) is 2.60. The smallest absolute Gasteiger partial charge is 0.164 e. The van der Waals surface area contributed by atoms with Crippen LogP contribution in [0.2, 0.25) is 0 Å². The fraction of sp³-hybridized carbons (Fsp3) is 0.333. The van der Waals surface area contributed by atoms with Gasteiger partial charge in [-0.3, -0.25) is 4.79 Å². The molecule has 2 rings (SSSR count). The van der Waals surface area contributed by atoms with E-state index < -0.39 is 0 Å². The van der Waals surface area contributed by atoms with E-state index in [1.54, 1.807) is 0 Å². The Morgan fingerprint density at radius 3 is 2.67 bits per heavy atom. The van der Waals surface area contributed by atoms with Crippen LogP contribution >= 0.6 is 0 Å². The minimum absolute atomic E-state index is 0.0858. The summed E-state index contributed by atoms with van der Waals surface area (Å²) in [4.78, 5) is 12.0. The Morgan fingerprint density at radius 2 is 2.00 bits per heavy atom. The highest BCUT2D eigenvalue weighted by atomic mass is 16.1. The van der Waals surface area contributed by atoms with Crippen LogP contribution < -0.4 is 5.43 Å². The molecule has 0 bridgehead atoms. The molecule has 0 amide bonds. The minimum Gasteiger partial charge on any atom is -0.307 e. The van der Waals surface area contributed by atoms with Crippen LogP contribution in [0.3, 0.4) is 0 Å². The maximum absolute atomic E-state index is 12.0. The molecular formula is C15H18N2O. The summed E-state index contributed by atoms with van der Waals surface area (Å²) in [5.74, 6) is 0.0858. The average molecular weight is 242 g/mol. The summed E-state index contributed by atoms with van der Waals surface area (Å²) in [5.41, 5.74) is 6.35. The highest BCUT2D eigenvalue weighted by molar-refractivity contribution is 6.28. The first-order valence-corrected chi connectivity index (χ1v) is 6.20. The molecule has 0 saturated carbocycles. The number of nitrogens with one attached hydrogen (secondary N) is 1. The number of nitrogens with zero attached hydrogens (tertiary/aromatic N) is 1. The largest absolute Gasteiger partial charge is 0.307 e. The lowest BCUT2D eigenvalue weighted by molar-refractivity contribution is -0.115. The normalized spacial score (nSPS) is 20.8. The number of allylic oxidation sites excluding steroid dienone is 1. The lowest BCUT2D eigenvalue weighted by atomic mass is 9.96. The number of hydrazone groups is 1. The quantitative estimate of drug-likeness (QED) is 0.769. The summed E-state index contributed by atoms with van der Waals surface area (Å²) in [6, 6.07) is 8.18.